The first-order chi connectivity index (χ1) is 69.2. The van der Waals surface area contributed by atoms with Gasteiger partial charge in [-0.3, -0.25) is 0 Å². The molecule has 0 N–H and O–H groups in total. The van der Waals surface area contributed by atoms with Gasteiger partial charge >= 0.3 is 79.4 Å². The summed E-state index contributed by atoms with van der Waals surface area (Å²) >= 11 is -3.62. The van der Waals surface area contributed by atoms with Crippen LogP contribution in [0.5, 0.6) is 57.5 Å². The molecule has 0 saturated heterocycles. The predicted molar refractivity (Wildman–Crippen MR) is 576 cm³/mol. The standard InChI is InChI=1S/C24H18O.C18H14O.5C10H9NO.2C10H8O.C9H12O.5Al/c25-24-22(19-12-6-2-7-13-19)16-21(18-10-4-1-5-11-18)17-23(24)20-14-8-3-9-15-20;19-18-16(14-8-3-1-4-9-14)12-7-13-17(18)15-10-5-2-6-11-15;5*1-7-5-6-8-3-2-4-9(12)10(8)11-7;11-10-7-3-5-8-4-1-2-6-9(8)10;11-10-6-5-8-3-1-2-4-9(8)7-10;1-6-4-5-7(2)9(10)8(6)3;;;;;/h1-17,25H;1-13,19H;5*2-6,12H,1H3;2*1-7,11H;4-5,10H,1-3H3;;;;;/q;;;;;;;;;;5*+2/p-10. The Kier molecular flexibility index (Phi) is 32.1. The van der Waals surface area contributed by atoms with Crippen molar-refractivity contribution in [3.8, 4) is 113 Å². The first-order valence-electron chi connectivity index (χ1n) is 46.4. The van der Waals surface area contributed by atoms with Crippen molar-refractivity contribution in [3.05, 3.63) is 476 Å². The molecule has 0 fully saturated rings. The molecule has 22 rings (SSSR count). The average Bonchev–Trinajstić information content (AvgIpc) is 0.775. The van der Waals surface area contributed by atoms with Gasteiger partial charge in [-0.05, 0) is 213 Å². The number of pyridine rings is 5. The summed E-state index contributed by atoms with van der Waals surface area (Å²) in [6, 6.07) is 146. The lowest BCUT2D eigenvalue weighted by Gasteiger charge is -2.20. The van der Waals surface area contributed by atoms with Gasteiger partial charge in [-0.1, -0.05) is 340 Å². The summed E-state index contributed by atoms with van der Waals surface area (Å²) in [6.07, 6.45) is 0. The van der Waals surface area contributed by atoms with E-state index in [0.29, 0.717) is 0 Å². The smallest absolute Gasteiger partial charge is 0.616 e. The molecular weight excluding hydrogens is 1820 g/mol. The second-order valence-corrected chi connectivity index (χ2v) is 36.9. The summed E-state index contributed by atoms with van der Waals surface area (Å²) in [4.78, 5) is 23.1. The maximum absolute atomic E-state index is 6.58. The summed E-state index contributed by atoms with van der Waals surface area (Å²) in [6.45, 7) is 16.2. The molecule has 0 unspecified atom stereocenters. The lowest BCUT2D eigenvalue weighted by Crippen LogP contribution is -2.13. The Morgan fingerprint density at radius 3 is 0.844 bits per heavy atom. The van der Waals surface area contributed by atoms with E-state index in [0.717, 1.165) is 218 Å². The number of nitrogens with zero attached hydrogens (tertiary/aromatic N) is 5. The van der Waals surface area contributed by atoms with Crippen molar-refractivity contribution in [1.29, 1.82) is 0 Å². The zero-order valence-corrected chi connectivity index (χ0v) is 85.0. The van der Waals surface area contributed by atoms with E-state index in [9.17, 15) is 0 Å². The molecule has 0 aliphatic rings. The van der Waals surface area contributed by atoms with Crippen molar-refractivity contribution in [1.82, 2.24) is 24.9 Å². The number of rotatable bonds is 25. The highest BCUT2D eigenvalue weighted by Crippen LogP contribution is 2.45. The molecular formula is C121H95Al5N5O10. The molecule has 0 aliphatic heterocycles. The number of aryl methyl sites for hydroxylation is 7. The Hall–Kier alpha value is -15.0. The fourth-order valence-corrected chi connectivity index (χ4v) is 19.8. The monoisotopic (exact) mass is 1910 g/mol. The average molecular weight is 1910 g/mol. The molecule has 0 aliphatic carbocycles. The molecule has 0 atom stereocenters. The maximum atomic E-state index is 6.58. The van der Waals surface area contributed by atoms with Crippen molar-refractivity contribution in [2.24, 2.45) is 0 Å². The molecule has 15 nitrogen and oxygen atoms in total. The van der Waals surface area contributed by atoms with Gasteiger partial charge in [-0.15, -0.1) is 0 Å². The molecule has 20 heteroatoms. The van der Waals surface area contributed by atoms with Gasteiger partial charge in [0.25, 0.3) is 0 Å². The molecule has 0 saturated carbocycles. The Labute approximate surface area is 855 Å². The van der Waals surface area contributed by atoms with E-state index in [1.165, 1.54) is 16.5 Å². The van der Waals surface area contributed by atoms with E-state index < -0.39 is 79.4 Å². The number of fused-ring (bicyclic) bond motifs is 7. The molecule has 5 heterocycles. The molecule has 679 valence electrons. The SMILES string of the molecule is Cc1ccc2cccc([O][Al][O]c3c(-c4ccccc4)cc(-c4ccccc4)cc3-c3ccccc3)c2n1.Cc1ccc2cccc([O][Al][O]c3c(-c4ccccc4)cccc3-c3ccccc3)c2n1.Cc1ccc2cccc([O][Al][O]c3c(C)ccc(C)c3C)c2n1.Cc1ccc2cccc([O][Al][O]c3ccc4ccccc4c3)c2n1.Cc1ccc2cccc([O][Al][O]c3cccc4ccccc34)c2n1. The Bertz CT molecular complexity index is 7980. The van der Waals surface area contributed by atoms with Crippen LogP contribution >= 0.6 is 0 Å². The van der Waals surface area contributed by atoms with Crippen LogP contribution in [-0.4, -0.2) is 104 Å². The highest BCUT2D eigenvalue weighted by Gasteiger charge is 2.24. The highest BCUT2D eigenvalue weighted by atomic mass is 27.2. The summed E-state index contributed by atoms with van der Waals surface area (Å²) in [5.41, 5.74) is 23.7. The first kappa shape index (κ1) is 96.2. The lowest BCUT2D eigenvalue weighted by molar-refractivity contribution is 0.457. The largest absolute Gasteiger partial charge is 0.881 e. The number of aromatic nitrogens is 5. The van der Waals surface area contributed by atoms with E-state index in [-0.39, 0.29) is 0 Å². The Balaban J connectivity index is 0.000000118. The molecule has 0 amide bonds. The van der Waals surface area contributed by atoms with Gasteiger partial charge < -0.3 is 37.9 Å². The Morgan fingerprint density at radius 1 is 0.170 bits per heavy atom. The summed E-state index contributed by atoms with van der Waals surface area (Å²) in [5.74, 6) is 8.09. The van der Waals surface area contributed by atoms with Gasteiger partial charge in [0.05, 0.1) is 28.7 Å². The number of hydrogen-bond donors (Lipinski definition) is 0. The van der Waals surface area contributed by atoms with Crippen molar-refractivity contribution in [3.63, 3.8) is 0 Å². The minimum absolute atomic E-state index is 0.644. The van der Waals surface area contributed by atoms with Crippen molar-refractivity contribution in [2.45, 2.75) is 55.4 Å². The minimum Gasteiger partial charge on any atom is -0.616 e. The second-order valence-electron chi connectivity index (χ2n) is 33.6. The van der Waals surface area contributed by atoms with Crippen LogP contribution in [0, 0.1) is 55.4 Å². The second kappa shape index (κ2) is 47.1. The van der Waals surface area contributed by atoms with E-state index in [1.807, 2.05) is 259 Å². The number of benzene rings is 17. The van der Waals surface area contributed by atoms with Gasteiger partial charge in [0.15, 0.2) is 0 Å². The van der Waals surface area contributed by atoms with Crippen molar-refractivity contribution < 1.29 is 37.9 Å². The van der Waals surface area contributed by atoms with Crippen LogP contribution in [0.25, 0.3) is 132 Å². The van der Waals surface area contributed by atoms with Crippen LogP contribution in [0.2, 0.25) is 0 Å². The number of para-hydroxylation sites is 6. The van der Waals surface area contributed by atoms with Crippen molar-refractivity contribution >= 4 is 155 Å². The van der Waals surface area contributed by atoms with Crippen LogP contribution < -0.4 is 37.9 Å². The van der Waals surface area contributed by atoms with Gasteiger partial charge in [0, 0.05) is 83.0 Å². The summed E-state index contributed by atoms with van der Waals surface area (Å²) in [5, 5.41) is 9.96. The van der Waals surface area contributed by atoms with E-state index in [4.69, 9.17) is 42.9 Å². The number of hydrogen-bond acceptors (Lipinski definition) is 15. The lowest BCUT2D eigenvalue weighted by atomic mass is 9.92. The zero-order valence-electron chi connectivity index (χ0n) is 79.2. The zero-order chi connectivity index (χ0) is 96.6. The maximum Gasteiger partial charge on any atom is 0.881 e. The molecule has 5 aromatic heterocycles. The van der Waals surface area contributed by atoms with Crippen LogP contribution in [0.1, 0.15) is 45.2 Å². The Morgan fingerprint density at radius 2 is 0.447 bits per heavy atom. The fraction of sp³-hybridized carbons (Fsp3) is 0.0661. The fourth-order valence-electron chi connectivity index (χ4n) is 16.4. The normalized spacial score (nSPS) is 10.7. The minimum atomic E-state index is -0.850. The summed E-state index contributed by atoms with van der Waals surface area (Å²) < 4.78 is 60.9. The molecule has 0 bridgehead atoms. The third-order valence-electron chi connectivity index (χ3n) is 23.7. The van der Waals surface area contributed by atoms with Gasteiger partial charge in [0.1, 0.15) is 56.3 Å². The molecule has 22 aromatic rings. The summed E-state index contributed by atoms with van der Waals surface area (Å²) in [7, 11) is 0. The molecule has 141 heavy (non-hydrogen) atoms. The highest BCUT2D eigenvalue weighted by molar-refractivity contribution is 6.24. The van der Waals surface area contributed by atoms with Crippen LogP contribution in [0.15, 0.2) is 431 Å². The predicted octanol–water partition coefficient (Wildman–Crippen LogP) is 29.2. The third-order valence-corrected chi connectivity index (χ3v) is 27.2. The van der Waals surface area contributed by atoms with Gasteiger partial charge in [-0.2, -0.15) is 0 Å². The molecule has 17 aromatic carbocycles. The quantitative estimate of drug-likeness (QED) is 0.0498. The molecule has 5 radical (unpaired) electrons. The van der Waals surface area contributed by atoms with Crippen LogP contribution in [-0.2, 0) is 0 Å². The topological polar surface area (TPSA) is 157 Å². The van der Waals surface area contributed by atoms with Crippen LogP contribution in [0.3, 0.4) is 0 Å². The first-order valence-corrected chi connectivity index (χ1v) is 51.1. The van der Waals surface area contributed by atoms with Gasteiger partial charge in [-0.25, -0.2) is 24.9 Å². The van der Waals surface area contributed by atoms with Crippen LogP contribution in [0.4, 0.5) is 0 Å². The van der Waals surface area contributed by atoms with Crippen molar-refractivity contribution in [2.75, 3.05) is 0 Å². The van der Waals surface area contributed by atoms with E-state index >= 15 is 0 Å². The van der Waals surface area contributed by atoms with E-state index in [2.05, 4.69) is 247 Å². The van der Waals surface area contributed by atoms with Gasteiger partial charge in [0.2, 0.25) is 0 Å². The third kappa shape index (κ3) is 24.5. The molecule has 0 spiro atoms. The van der Waals surface area contributed by atoms with E-state index in [1.54, 1.807) is 0 Å².